The number of anilines is 1. The van der Waals surface area contributed by atoms with Crippen molar-refractivity contribution >= 4 is 16.7 Å². The molecule has 0 radical (unpaired) electrons. The Balaban J connectivity index is 2.28. The van der Waals surface area contributed by atoms with E-state index in [1.54, 1.807) is 13.2 Å². The van der Waals surface area contributed by atoms with Crippen LogP contribution in [0, 0.1) is 11.3 Å². The van der Waals surface area contributed by atoms with Crippen LogP contribution in [0.1, 0.15) is 5.82 Å². The zero-order chi connectivity index (χ0) is 14.8. The zero-order valence-corrected chi connectivity index (χ0v) is 11.6. The molecule has 0 saturated heterocycles. The van der Waals surface area contributed by atoms with Crippen LogP contribution < -0.4 is 10.5 Å². The molecule has 1 heterocycles. The van der Waals surface area contributed by atoms with E-state index in [-0.39, 0.29) is 6.42 Å². The molecule has 21 heavy (non-hydrogen) atoms. The number of methoxy groups -OCH3 is 1. The van der Waals surface area contributed by atoms with Crippen LogP contribution in [-0.4, -0.2) is 16.7 Å². The summed E-state index contributed by atoms with van der Waals surface area (Å²) in [6.45, 7) is 0. The van der Waals surface area contributed by atoms with Crippen LogP contribution >= 0.6 is 0 Å². The summed E-state index contributed by atoms with van der Waals surface area (Å²) in [6.07, 6.45) is 0.222. The first kappa shape index (κ1) is 13.0. The van der Waals surface area contributed by atoms with Crippen molar-refractivity contribution in [2.75, 3.05) is 12.8 Å². The third-order valence-electron chi connectivity index (χ3n) is 3.34. The predicted molar refractivity (Wildman–Crippen MR) is 81.4 cm³/mol. The monoisotopic (exact) mass is 278 g/mol. The van der Waals surface area contributed by atoms with E-state index in [9.17, 15) is 0 Å². The first-order chi connectivity index (χ1) is 10.2. The number of hydrogen-bond acceptors (Lipinski definition) is 4. The van der Waals surface area contributed by atoms with Crippen LogP contribution in [0.15, 0.2) is 42.5 Å². The molecular formula is C16H14N4O. The first-order valence-corrected chi connectivity index (χ1v) is 6.52. The van der Waals surface area contributed by atoms with E-state index in [2.05, 4.69) is 11.1 Å². The molecule has 0 aliphatic carbocycles. The molecule has 104 valence electrons. The lowest BCUT2D eigenvalue weighted by molar-refractivity contribution is 0.415. The summed E-state index contributed by atoms with van der Waals surface area (Å²) < 4.78 is 7.10. The van der Waals surface area contributed by atoms with Crippen molar-refractivity contribution in [3.05, 3.63) is 48.3 Å². The lowest BCUT2D eigenvalue weighted by Crippen LogP contribution is -2.04. The second kappa shape index (κ2) is 5.17. The maximum Gasteiger partial charge on any atom is 0.128 e. The van der Waals surface area contributed by atoms with Gasteiger partial charge in [0.1, 0.15) is 11.6 Å². The number of imidazole rings is 1. The van der Waals surface area contributed by atoms with Crippen molar-refractivity contribution in [2.45, 2.75) is 6.42 Å². The molecule has 0 aliphatic rings. The Morgan fingerprint density at radius 3 is 2.81 bits per heavy atom. The Labute approximate surface area is 122 Å². The van der Waals surface area contributed by atoms with Crippen molar-refractivity contribution in [1.29, 1.82) is 5.26 Å². The van der Waals surface area contributed by atoms with Gasteiger partial charge < -0.3 is 10.5 Å². The Hall–Kier alpha value is -3.00. The molecule has 3 aromatic rings. The second-order valence-electron chi connectivity index (χ2n) is 4.61. The van der Waals surface area contributed by atoms with Gasteiger partial charge in [0.2, 0.25) is 0 Å². The number of aromatic nitrogens is 2. The summed E-state index contributed by atoms with van der Waals surface area (Å²) in [5.41, 5.74) is 9.29. The van der Waals surface area contributed by atoms with Gasteiger partial charge in [0, 0.05) is 6.07 Å². The summed E-state index contributed by atoms with van der Waals surface area (Å²) in [7, 11) is 1.60. The third kappa shape index (κ3) is 2.17. The molecule has 0 aliphatic heterocycles. The lowest BCUT2D eigenvalue weighted by Gasteiger charge is -2.12. The molecule has 0 saturated carbocycles. The molecule has 1 aromatic heterocycles. The van der Waals surface area contributed by atoms with E-state index < -0.39 is 0 Å². The van der Waals surface area contributed by atoms with Gasteiger partial charge in [0.05, 0.1) is 42.0 Å². The minimum absolute atomic E-state index is 0.222. The Morgan fingerprint density at radius 2 is 2.10 bits per heavy atom. The van der Waals surface area contributed by atoms with E-state index in [1.165, 1.54) is 0 Å². The maximum atomic E-state index is 9.01. The van der Waals surface area contributed by atoms with Gasteiger partial charge >= 0.3 is 0 Å². The van der Waals surface area contributed by atoms with Gasteiger partial charge in [-0.2, -0.15) is 5.26 Å². The number of rotatable bonds is 3. The topological polar surface area (TPSA) is 76.9 Å². The summed E-state index contributed by atoms with van der Waals surface area (Å²) in [5.74, 6) is 1.37. The molecule has 0 atom stereocenters. The quantitative estimate of drug-likeness (QED) is 0.747. The van der Waals surface area contributed by atoms with Gasteiger partial charge in [-0.15, -0.1) is 0 Å². The van der Waals surface area contributed by atoms with Gasteiger partial charge in [-0.05, 0) is 24.3 Å². The number of ether oxygens (including phenoxy) is 1. The number of nitriles is 1. The Morgan fingerprint density at radius 1 is 1.29 bits per heavy atom. The van der Waals surface area contributed by atoms with Crippen LogP contribution in [0.4, 0.5) is 5.69 Å². The molecule has 2 N–H and O–H groups in total. The minimum atomic E-state index is 0.222. The fourth-order valence-corrected chi connectivity index (χ4v) is 2.40. The minimum Gasteiger partial charge on any atom is -0.497 e. The average molecular weight is 278 g/mol. The van der Waals surface area contributed by atoms with Crippen molar-refractivity contribution in [1.82, 2.24) is 9.55 Å². The third-order valence-corrected chi connectivity index (χ3v) is 3.34. The van der Waals surface area contributed by atoms with Crippen molar-refractivity contribution in [3.63, 3.8) is 0 Å². The first-order valence-electron chi connectivity index (χ1n) is 6.52. The normalized spacial score (nSPS) is 10.5. The number of nitrogens with zero attached hydrogens (tertiary/aromatic N) is 3. The molecule has 2 aromatic carbocycles. The highest BCUT2D eigenvalue weighted by Crippen LogP contribution is 2.28. The Kier molecular flexibility index (Phi) is 3.20. The average Bonchev–Trinajstić information content (AvgIpc) is 2.85. The predicted octanol–water partition coefficient (Wildman–Crippen LogP) is 2.68. The number of nitrogens with two attached hydrogens (primary N) is 1. The number of fused-ring (bicyclic) bond motifs is 1. The summed E-state index contributed by atoms with van der Waals surface area (Å²) >= 11 is 0. The van der Waals surface area contributed by atoms with Crippen LogP contribution in [0.25, 0.3) is 16.7 Å². The van der Waals surface area contributed by atoms with Crippen molar-refractivity contribution in [3.8, 4) is 17.5 Å². The molecule has 0 spiro atoms. The fraction of sp³-hybridized carbons (Fsp3) is 0.125. The lowest BCUT2D eigenvalue weighted by atomic mass is 10.2. The Bertz CT molecular complexity index is 845. The highest BCUT2D eigenvalue weighted by atomic mass is 16.5. The van der Waals surface area contributed by atoms with Crippen molar-refractivity contribution in [2.24, 2.45) is 0 Å². The van der Waals surface area contributed by atoms with Crippen LogP contribution in [0.5, 0.6) is 5.75 Å². The van der Waals surface area contributed by atoms with Crippen LogP contribution in [0.3, 0.4) is 0 Å². The summed E-state index contributed by atoms with van der Waals surface area (Å²) in [5, 5.41) is 9.01. The van der Waals surface area contributed by atoms with Gasteiger partial charge in [-0.25, -0.2) is 4.98 Å². The van der Waals surface area contributed by atoms with Gasteiger partial charge in [0.25, 0.3) is 0 Å². The van der Waals surface area contributed by atoms with Gasteiger partial charge in [-0.1, -0.05) is 12.1 Å². The number of nitrogen functional groups attached to an aromatic ring is 1. The molecule has 3 rings (SSSR count). The molecule has 0 amide bonds. The number of hydrogen-bond donors (Lipinski definition) is 1. The SMILES string of the molecule is COc1ccc(-n2c(CC#N)nc3ccccc32)c(N)c1. The van der Waals surface area contributed by atoms with E-state index >= 15 is 0 Å². The molecule has 0 unspecified atom stereocenters. The van der Waals surface area contributed by atoms with Crippen molar-refractivity contribution < 1.29 is 4.74 Å². The van der Waals surface area contributed by atoms with Gasteiger partial charge in [-0.3, -0.25) is 4.57 Å². The van der Waals surface area contributed by atoms with E-state index in [1.807, 2.05) is 41.0 Å². The summed E-state index contributed by atoms with van der Waals surface area (Å²) in [6, 6.07) is 15.4. The van der Waals surface area contributed by atoms with Crippen LogP contribution in [0.2, 0.25) is 0 Å². The molecular weight excluding hydrogens is 264 g/mol. The number of para-hydroxylation sites is 2. The van der Waals surface area contributed by atoms with E-state index in [4.69, 9.17) is 15.7 Å². The molecule has 0 fully saturated rings. The molecule has 0 bridgehead atoms. The second-order valence-corrected chi connectivity index (χ2v) is 4.61. The smallest absolute Gasteiger partial charge is 0.128 e. The van der Waals surface area contributed by atoms with E-state index in [0.717, 1.165) is 16.7 Å². The highest BCUT2D eigenvalue weighted by molar-refractivity contribution is 5.80. The summed E-state index contributed by atoms with van der Waals surface area (Å²) in [4.78, 5) is 4.52. The van der Waals surface area contributed by atoms with Crippen LogP contribution in [-0.2, 0) is 6.42 Å². The fourth-order valence-electron chi connectivity index (χ4n) is 2.40. The molecule has 5 nitrogen and oxygen atoms in total. The molecule has 5 heteroatoms. The highest BCUT2D eigenvalue weighted by Gasteiger charge is 2.14. The largest absolute Gasteiger partial charge is 0.497 e. The maximum absolute atomic E-state index is 9.01. The van der Waals surface area contributed by atoms with Gasteiger partial charge in [0.15, 0.2) is 0 Å². The standard InChI is InChI=1S/C16H14N4O/c1-21-11-6-7-14(12(18)10-11)20-15-5-3-2-4-13(15)19-16(20)8-9-17/h2-7,10H,8,18H2,1H3. The zero-order valence-electron chi connectivity index (χ0n) is 11.6. The number of benzene rings is 2. The van der Waals surface area contributed by atoms with E-state index in [0.29, 0.717) is 17.3 Å².